The van der Waals surface area contributed by atoms with Crippen LogP contribution in [0.3, 0.4) is 0 Å². The summed E-state index contributed by atoms with van der Waals surface area (Å²) in [7, 11) is 0. The lowest BCUT2D eigenvalue weighted by Crippen LogP contribution is -2.49. The van der Waals surface area contributed by atoms with Crippen LogP contribution in [0.1, 0.15) is 34.3 Å². The van der Waals surface area contributed by atoms with E-state index in [0.29, 0.717) is 43.9 Å². The molecule has 3 aromatic carbocycles. The molecule has 1 fully saturated rings. The number of carboxylic acid groups (broad SMARTS) is 1. The number of aryl methyl sites for hydroxylation is 1. The Labute approximate surface area is 229 Å². The number of aromatic carboxylic acids is 1. The summed E-state index contributed by atoms with van der Waals surface area (Å²) in [5.41, 5.74) is 4.30. The first-order valence-corrected chi connectivity index (χ1v) is 13.3. The lowest BCUT2D eigenvalue weighted by molar-refractivity contribution is 0.0694. The van der Waals surface area contributed by atoms with Crippen molar-refractivity contribution >= 4 is 28.7 Å². The highest BCUT2D eigenvalue weighted by Crippen LogP contribution is 2.44. The molecule has 8 nitrogen and oxygen atoms in total. The Morgan fingerprint density at radius 2 is 1.60 bits per heavy atom. The maximum atomic E-state index is 15.2. The van der Waals surface area contributed by atoms with E-state index in [1.54, 1.807) is 15.5 Å². The predicted octanol–water partition coefficient (Wildman–Crippen LogP) is 4.93. The number of amides is 1. The van der Waals surface area contributed by atoms with Crippen LogP contribution in [0.2, 0.25) is 0 Å². The van der Waals surface area contributed by atoms with E-state index in [4.69, 9.17) is 4.74 Å². The molecule has 1 amide bonds. The Hall–Kier alpha value is -4.66. The molecule has 4 aromatic rings. The fraction of sp³-hybridized carbons (Fsp3) is 0.258. The molecule has 6 rings (SSSR count). The predicted molar refractivity (Wildman–Crippen MR) is 150 cm³/mol. The highest BCUT2D eigenvalue weighted by Gasteiger charge is 2.31. The molecule has 0 radical (unpaired) electrons. The number of benzene rings is 3. The topological polar surface area (TPSA) is 92.1 Å². The molecule has 2 aliphatic rings. The molecule has 0 atom stereocenters. The Balaban J connectivity index is 1.15. The van der Waals surface area contributed by atoms with Crippen LogP contribution in [0.25, 0.3) is 22.0 Å². The molecule has 0 unspecified atom stereocenters. The average molecular weight is 542 g/mol. The number of nitrogens with zero attached hydrogens (tertiary/aromatic N) is 3. The number of piperazine rings is 1. The van der Waals surface area contributed by atoms with Crippen molar-refractivity contribution in [2.24, 2.45) is 0 Å². The van der Waals surface area contributed by atoms with Gasteiger partial charge in [0, 0.05) is 50.2 Å². The van der Waals surface area contributed by atoms with Gasteiger partial charge in [0.25, 0.3) is 0 Å². The van der Waals surface area contributed by atoms with Crippen LogP contribution < -0.4 is 10.3 Å². The summed E-state index contributed by atoms with van der Waals surface area (Å²) >= 11 is 0. The average Bonchev–Trinajstić information content (AvgIpc) is 3.29. The molecule has 0 spiro atoms. The van der Waals surface area contributed by atoms with Gasteiger partial charge in [0.2, 0.25) is 5.43 Å². The van der Waals surface area contributed by atoms with Gasteiger partial charge in [0.05, 0.1) is 11.2 Å². The van der Waals surface area contributed by atoms with Crippen LogP contribution in [0.5, 0.6) is 0 Å². The van der Waals surface area contributed by atoms with Gasteiger partial charge in [-0.3, -0.25) is 4.79 Å². The zero-order valence-corrected chi connectivity index (χ0v) is 22.0. The van der Waals surface area contributed by atoms with Crippen molar-refractivity contribution in [3.05, 3.63) is 99.6 Å². The Morgan fingerprint density at radius 1 is 0.975 bits per heavy atom. The maximum Gasteiger partial charge on any atom is 0.409 e. The SMILES string of the molecule is CCn1cc(C(=O)O)c(=O)c2cc(F)c(N3CCN(C(=O)OCC4c5ccccc5-c5ccccc54)CC3)cc21. The number of carbonyl (C=O) groups excluding carboxylic acids is 1. The van der Waals surface area contributed by atoms with E-state index in [-0.39, 0.29) is 17.9 Å². The van der Waals surface area contributed by atoms with E-state index < -0.39 is 28.9 Å². The van der Waals surface area contributed by atoms with E-state index >= 15 is 4.39 Å². The minimum Gasteiger partial charge on any atom is -0.477 e. The number of halogens is 1. The van der Waals surface area contributed by atoms with Gasteiger partial charge in [-0.1, -0.05) is 48.5 Å². The van der Waals surface area contributed by atoms with Gasteiger partial charge in [-0.2, -0.15) is 0 Å². The summed E-state index contributed by atoms with van der Waals surface area (Å²) in [6.45, 7) is 3.95. The van der Waals surface area contributed by atoms with Crippen molar-refractivity contribution in [2.45, 2.75) is 19.4 Å². The molecule has 1 aliphatic carbocycles. The highest BCUT2D eigenvalue weighted by atomic mass is 19.1. The smallest absolute Gasteiger partial charge is 0.409 e. The van der Waals surface area contributed by atoms with Gasteiger partial charge in [-0.25, -0.2) is 14.0 Å². The summed E-state index contributed by atoms with van der Waals surface area (Å²) in [4.78, 5) is 40.6. The molecule has 0 bridgehead atoms. The van der Waals surface area contributed by atoms with Gasteiger partial charge in [0.15, 0.2) is 0 Å². The van der Waals surface area contributed by atoms with Crippen LogP contribution in [0.15, 0.2) is 71.7 Å². The molecular formula is C31H28FN3O5. The zero-order valence-electron chi connectivity index (χ0n) is 22.0. The second kappa shape index (κ2) is 10.1. The van der Waals surface area contributed by atoms with E-state index in [0.717, 1.165) is 28.3 Å². The Bertz CT molecular complexity index is 1660. The summed E-state index contributed by atoms with van der Waals surface area (Å²) < 4.78 is 22.6. The van der Waals surface area contributed by atoms with E-state index in [1.165, 1.54) is 6.20 Å². The normalized spacial score (nSPS) is 14.8. The van der Waals surface area contributed by atoms with Crippen molar-refractivity contribution in [1.82, 2.24) is 9.47 Å². The third kappa shape index (κ3) is 4.27. The number of anilines is 1. The molecule has 40 heavy (non-hydrogen) atoms. The number of hydrogen-bond acceptors (Lipinski definition) is 5. The molecule has 1 aromatic heterocycles. The van der Waals surface area contributed by atoms with Gasteiger partial charge in [-0.15, -0.1) is 0 Å². The lowest BCUT2D eigenvalue weighted by Gasteiger charge is -2.36. The van der Waals surface area contributed by atoms with Crippen molar-refractivity contribution in [3.8, 4) is 11.1 Å². The number of hydrogen-bond donors (Lipinski definition) is 1. The maximum absolute atomic E-state index is 15.2. The molecule has 1 saturated heterocycles. The van der Waals surface area contributed by atoms with Crippen LogP contribution in [0, 0.1) is 5.82 Å². The third-order valence-corrected chi connectivity index (χ3v) is 7.93. The summed E-state index contributed by atoms with van der Waals surface area (Å²) in [6.07, 6.45) is 0.894. The third-order valence-electron chi connectivity index (χ3n) is 7.93. The number of aromatic nitrogens is 1. The van der Waals surface area contributed by atoms with E-state index in [1.807, 2.05) is 36.1 Å². The number of ether oxygens (including phenoxy) is 1. The van der Waals surface area contributed by atoms with Crippen molar-refractivity contribution in [1.29, 1.82) is 0 Å². The van der Waals surface area contributed by atoms with Gasteiger partial charge >= 0.3 is 12.1 Å². The zero-order chi connectivity index (χ0) is 28.0. The van der Waals surface area contributed by atoms with E-state index in [9.17, 15) is 19.5 Å². The monoisotopic (exact) mass is 541 g/mol. The number of rotatable bonds is 5. The second-order valence-electron chi connectivity index (χ2n) is 10.1. The summed E-state index contributed by atoms with van der Waals surface area (Å²) in [5.74, 6) is -1.98. The fourth-order valence-corrected chi connectivity index (χ4v) is 5.87. The first-order valence-electron chi connectivity index (χ1n) is 13.3. The van der Waals surface area contributed by atoms with Crippen LogP contribution in [-0.2, 0) is 11.3 Å². The minimum absolute atomic E-state index is 0.0258. The quantitative estimate of drug-likeness (QED) is 0.385. The lowest BCUT2D eigenvalue weighted by atomic mass is 9.98. The van der Waals surface area contributed by atoms with Crippen LogP contribution in [0.4, 0.5) is 14.9 Å². The molecule has 1 N–H and O–H groups in total. The van der Waals surface area contributed by atoms with Crippen LogP contribution in [-0.4, -0.2) is 59.4 Å². The summed E-state index contributed by atoms with van der Waals surface area (Å²) in [5, 5.41) is 9.40. The highest BCUT2D eigenvalue weighted by molar-refractivity contribution is 5.93. The minimum atomic E-state index is -1.34. The van der Waals surface area contributed by atoms with Crippen molar-refractivity contribution in [2.75, 3.05) is 37.7 Å². The molecule has 204 valence electrons. The van der Waals surface area contributed by atoms with Gasteiger partial charge in [-0.05, 0) is 41.3 Å². The fourth-order valence-electron chi connectivity index (χ4n) is 5.87. The molecular weight excluding hydrogens is 513 g/mol. The molecule has 1 aliphatic heterocycles. The summed E-state index contributed by atoms with van der Waals surface area (Å²) in [6, 6.07) is 19.0. The number of fused-ring (bicyclic) bond motifs is 4. The largest absolute Gasteiger partial charge is 0.477 e. The molecule has 9 heteroatoms. The first kappa shape index (κ1) is 25.6. The molecule has 0 saturated carbocycles. The standard InChI is InChI=1S/C31H28FN3O5/c1-2-33-17-24(30(37)38)29(36)23-15-26(32)28(16-27(23)33)34-11-13-35(14-12-34)31(39)40-18-25-21-9-5-3-7-19(21)20-8-4-6-10-22(20)25/h3-10,15-17,25H,2,11-14,18H2,1H3,(H,37,38). The molecule has 2 heterocycles. The van der Waals surface area contributed by atoms with E-state index in [2.05, 4.69) is 24.3 Å². The number of pyridine rings is 1. The Kier molecular flexibility index (Phi) is 6.50. The van der Waals surface area contributed by atoms with Gasteiger partial charge in [0.1, 0.15) is 18.0 Å². The number of carboxylic acids is 1. The first-order chi connectivity index (χ1) is 19.4. The van der Waals surface area contributed by atoms with Crippen molar-refractivity contribution < 1.29 is 23.8 Å². The van der Waals surface area contributed by atoms with Crippen LogP contribution >= 0.6 is 0 Å². The van der Waals surface area contributed by atoms with Gasteiger partial charge < -0.3 is 24.2 Å². The number of carbonyl (C=O) groups is 2. The second-order valence-corrected chi connectivity index (χ2v) is 10.1. The van der Waals surface area contributed by atoms with Crippen molar-refractivity contribution in [3.63, 3.8) is 0 Å². The Morgan fingerprint density at radius 3 is 2.20 bits per heavy atom.